The van der Waals surface area contributed by atoms with Crippen LogP contribution in [0.3, 0.4) is 0 Å². The molecule has 4 aromatic heterocycles. The Morgan fingerprint density at radius 3 is 2.79 bits per heavy atom. The lowest BCUT2D eigenvalue weighted by molar-refractivity contribution is 1.22. The topological polar surface area (TPSA) is 43.1 Å². The van der Waals surface area contributed by atoms with Crippen molar-refractivity contribution < 1.29 is 0 Å². The van der Waals surface area contributed by atoms with Crippen molar-refractivity contribution in [3.05, 3.63) is 84.3 Å². The van der Waals surface area contributed by atoms with E-state index in [4.69, 9.17) is 4.98 Å². The van der Waals surface area contributed by atoms with Gasteiger partial charge in [-0.2, -0.15) is 0 Å². The number of hydrogen-bond acceptors (Lipinski definition) is 3. The van der Waals surface area contributed by atoms with Crippen molar-refractivity contribution in [3.8, 4) is 11.1 Å². The van der Waals surface area contributed by atoms with Crippen LogP contribution in [0.5, 0.6) is 0 Å². The van der Waals surface area contributed by atoms with Crippen LogP contribution in [0.1, 0.15) is 11.1 Å². The molecular weight excluding hydrogens is 344 g/mol. The number of fused-ring (bicyclic) bond motifs is 12. The third-order valence-corrected chi connectivity index (χ3v) is 5.94. The SMILES string of the molecule is c1ccc2c(c1)Cc1c-2ccc2nc3c4cccnc4c4ccncc4n3c12. The standard InChI is InChI=1S/C24H14N4/c1-2-5-15-14(4-1)12-19-16(15)7-8-20-23(19)28-21-13-25-11-9-17(21)22-18(24(28)27-20)6-3-10-26-22/h1-11,13H,12H2. The summed E-state index contributed by atoms with van der Waals surface area (Å²) < 4.78 is 2.28. The van der Waals surface area contributed by atoms with E-state index in [0.717, 1.165) is 39.4 Å². The summed E-state index contributed by atoms with van der Waals surface area (Å²) >= 11 is 0. The van der Waals surface area contributed by atoms with Crippen molar-refractivity contribution in [2.75, 3.05) is 0 Å². The van der Waals surface area contributed by atoms with Crippen LogP contribution >= 0.6 is 0 Å². The second kappa shape index (κ2) is 4.93. The normalized spacial score (nSPS) is 12.9. The monoisotopic (exact) mass is 358 g/mol. The Morgan fingerprint density at radius 2 is 1.79 bits per heavy atom. The van der Waals surface area contributed by atoms with E-state index in [0.29, 0.717) is 0 Å². The van der Waals surface area contributed by atoms with Crippen molar-refractivity contribution in [1.29, 1.82) is 0 Å². The summed E-state index contributed by atoms with van der Waals surface area (Å²) in [6, 6.07) is 19.2. The highest BCUT2D eigenvalue weighted by Gasteiger charge is 2.24. The van der Waals surface area contributed by atoms with E-state index in [9.17, 15) is 0 Å². The minimum absolute atomic E-state index is 0.934. The first-order valence-corrected chi connectivity index (χ1v) is 9.43. The van der Waals surface area contributed by atoms with Gasteiger partial charge >= 0.3 is 0 Å². The highest BCUT2D eigenvalue weighted by molar-refractivity contribution is 6.12. The van der Waals surface area contributed by atoms with Crippen molar-refractivity contribution in [3.63, 3.8) is 0 Å². The minimum atomic E-state index is 0.934. The lowest BCUT2D eigenvalue weighted by Crippen LogP contribution is -1.95. The molecular formula is C24H14N4. The van der Waals surface area contributed by atoms with Crippen LogP contribution in [0.4, 0.5) is 0 Å². The molecule has 0 atom stereocenters. The maximum absolute atomic E-state index is 5.03. The Morgan fingerprint density at radius 1 is 0.821 bits per heavy atom. The zero-order valence-corrected chi connectivity index (χ0v) is 14.9. The lowest BCUT2D eigenvalue weighted by atomic mass is 10.0. The lowest BCUT2D eigenvalue weighted by Gasteiger charge is -2.09. The Balaban J connectivity index is 1.76. The quantitative estimate of drug-likeness (QED) is 0.352. The fraction of sp³-hybridized carbons (Fsp3) is 0.0417. The van der Waals surface area contributed by atoms with Gasteiger partial charge in [-0.15, -0.1) is 0 Å². The van der Waals surface area contributed by atoms with Gasteiger partial charge in [-0.05, 0) is 46.5 Å². The van der Waals surface area contributed by atoms with Crippen LogP contribution < -0.4 is 0 Å². The molecule has 4 heteroatoms. The van der Waals surface area contributed by atoms with E-state index in [1.54, 1.807) is 0 Å². The van der Waals surface area contributed by atoms with E-state index in [2.05, 4.69) is 56.8 Å². The Hall–Kier alpha value is -3.79. The third kappa shape index (κ3) is 1.63. The molecule has 0 saturated heterocycles. The summed E-state index contributed by atoms with van der Waals surface area (Å²) in [4.78, 5) is 14.1. The molecule has 0 amide bonds. The molecule has 0 N–H and O–H groups in total. The van der Waals surface area contributed by atoms with Crippen LogP contribution in [-0.2, 0) is 6.42 Å². The molecule has 0 spiro atoms. The molecule has 0 saturated carbocycles. The predicted octanol–water partition coefficient (Wildman–Crippen LogP) is 5.16. The summed E-state index contributed by atoms with van der Waals surface area (Å²) in [6.45, 7) is 0. The maximum atomic E-state index is 5.03. The van der Waals surface area contributed by atoms with Crippen molar-refractivity contribution in [1.82, 2.24) is 19.4 Å². The zero-order valence-electron chi connectivity index (χ0n) is 14.9. The van der Waals surface area contributed by atoms with Crippen LogP contribution in [0.2, 0.25) is 0 Å². The van der Waals surface area contributed by atoms with Gasteiger partial charge in [-0.1, -0.05) is 30.3 Å². The molecule has 6 aromatic rings. The average molecular weight is 358 g/mol. The molecule has 4 nitrogen and oxygen atoms in total. The summed E-state index contributed by atoms with van der Waals surface area (Å²) in [5, 5.41) is 2.17. The van der Waals surface area contributed by atoms with E-state index in [-0.39, 0.29) is 0 Å². The Kier molecular flexibility index (Phi) is 2.51. The van der Waals surface area contributed by atoms with E-state index in [1.165, 1.54) is 27.8 Å². The van der Waals surface area contributed by atoms with Crippen LogP contribution in [0, 0.1) is 0 Å². The summed E-state index contributed by atoms with van der Waals surface area (Å²) in [5.41, 5.74) is 10.6. The van der Waals surface area contributed by atoms with Crippen LogP contribution in [0.25, 0.3) is 49.6 Å². The number of benzene rings is 2. The van der Waals surface area contributed by atoms with Gasteiger partial charge in [0.2, 0.25) is 0 Å². The van der Waals surface area contributed by atoms with E-state index >= 15 is 0 Å². The largest absolute Gasteiger partial charge is 0.290 e. The molecule has 4 heterocycles. The second-order valence-electron chi connectivity index (χ2n) is 7.36. The highest BCUT2D eigenvalue weighted by atomic mass is 15.0. The van der Waals surface area contributed by atoms with Crippen molar-refractivity contribution in [2.24, 2.45) is 0 Å². The first-order valence-electron chi connectivity index (χ1n) is 9.43. The fourth-order valence-electron chi connectivity index (χ4n) is 4.77. The molecule has 0 unspecified atom stereocenters. The number of nitrogens with zero attached hydrogens (tertiary/aromatic N) is 4. The molecule has 0 bridgehead atoms. The van der Waals surface area contributed by atoms with Gasteiger partial charge in [0, 0.05) is 29.6 Å². The molecule has 130 valence electrons. The smallest absolute Gasteiger partial charge is 0.148 e. The number of rotatable bonds is 0. The molecule has 1 aliphatic rings. The number of hydrogen-bond donors (Lipinski definition) is 0. The molecule has 0 aliphatic heterocycles. The fourth-order valence-corrected chi connectivity index (χ4v) is 4.77. The number of aromatic nitrogens is 4. The van der Waals surface area contributed by atoms with Gasteiger partial charge in [-0.3, -0.25) is 14.4 Å². The summed E-state index contributed by atoms with van der Waals surface area (Å²) in [5.74, 6) is 0. The molecule has 7 rings (SSSR count). The molecule has 0 radical (unpaired) electrons. The van der Waals surface area contributed by atoms with Gasteiger partial charge in [0.25, 0.3) is 0 Å². The van der Waals surface area contributed by atoms with E-state index < -0.39 is 0 Å². The van der Waals surface area contributed by atoms with Gasteiger partial charge in [0.1, 0.15) is 5.65 Å². The summed E-state index contributed by atoms with van der Waals surface area (Å²) in [7, 11) is 0. The second-order valence-corrected chi connectivity index (χ2v) is 7.36. The molecule has 28 heavy (non-hydrogen) atoms. The molecule has 0 fully saturated rings. The van der Waals surface area contributed by atoms with Gasteiger partial charge < -0.3 is 0 Å². The van der Waals surface area contributed by atoms with Gasteiger partial charge in [0.05, 0.1) is 28.3 Å². The Bertz CT molecular complexity index is 1590. The van der Waals surface area contributed by atoms with Crippen molar-refractivity contribution in [2.45, 2.75) is 6.42 Å². The Labute approximate surface area is 160 Å². The zero-order chi connectivity index (χ0) is 18.2. The third-order valence-electron chi connectivity index (χ3n) is 5.94. The average Bonchev–Trinajstić information content (AvgIpc) is 3.32. The highest BCUT2D eigenvalue weighted by Crippen LogP contribution is 2.41. The maximum Gasteiger partial charge on any atom is 0.148 e. The van der Waals surface area contributed by atoms with Gasteiger partial charge in [-0.25, -0.2) is 4.98 Å². The summed E-state index contributed by atoms with van der Waals surface area (Å²) in [6.07, 6.45) is 6.54. The van der Waals surface area contributed by atoms with Gasteiger partial charge in [0.15, 0.2) is 0 Å². The van der Waals surface area contributed by atoms with Crippen LogP contribution in [0.15, 0.2) is 73.2 Å². The van der Waals surface area contributed by atoms with E-state index in [1.807, 2.05) is 30.7 Å². The first kappa shape index (κ1) is 14.3. The van der Waals surface area contributed by atoms with Crippen LogP contribution in [-0.4, -0.2) is 19.4 Å². The first-order chi connectivity index (χ1) is 13.9. The number of imidazole rings is 1. The predicted molar refractivity (Wildman–Crippen MR) is 112 cm³/mol. The molecule has 1 aliphatic carbocycles. The minimum Gasteiger partial charge on any atom is -0.290 e. The van der Waals surface area contributed by atoms with Crippen molar-refractivity contribution >= 4 is 38.5 Å². The molecule has 2 aromatic carbocycles. The number of pyridine rings is 3.